The molecule has 0 saturated carbocycles. The minimum absolute atomic E-state index is 0.220. The third-order valence-corrected chi connectivity index (χ3v) is 5.19. The van der Waals surface area contributed by atoms with Crippen molar-refractivity contribution < 1.29 is 18.3 Å². The standard InChI is InChI=1S/C13H22N2O4S/c1-11(10-16)15(3)20(17,18)14(2)9-12-6-5-7-13(8-12)19-4/h5-8,11,16H,9-10H2,1-4H3. The Labute approximate surface area is 120 Å². The largest absolute Gasteiger partial charge is 0.497 e. The highest BCUT2D eigenvalue weighted by Crippen LogP contribution is 2.16. The van der Waals surface area contributed by atoms with Gasteiger partial charge in [0.1, 0.15) is 5.75 Å². The monoisotopic (exact) mass is 302 g/mol. The Kier molecular flexibility index (Phi) is 5.94. The van der Waals surface area contributed by atoms with Gasteiger partial charge in [-0.1, -0.05) is 12.1 Å². The molecule has 0 spiro atoms. The fraction of sp³-hybridized carbons (Fsp3) is 0.538. The number of ether oxygens (including phenoxy) is 1. The molecule has 0 aliphatic heterocycles. The summed E-state index contributed by atoms with van der Waals surface area (Å²) < 4.78 is 32.1. The van der Waals surface area contributed by atoms with E-state index in [0.29, 0.717) is 5.75 Å². The summed E-state index contributed by atoms with van der Waals surface area (Å²) in [5.74, 6) is 0.686. The van der Waals surface area contributed by atoms with Crippen molar-refractivity contribution in [3.8, 4) is 5.75 Å². The molecular formula is C13H22N2O4S. The van der Waals surface area contributed by atoms with Crippen LogP contribution in [-0.4, -0.2) is 56.0 Å². The summed E-state index contributed by atoms with van der Waals surface area (Å²) in [4.78, 5) is 0. The second kappa shape index (κ2) is 7.03. The van der Waals surface area contributed by atoms with E-state index in [4.69, 9.17) is 9.84 Å². The van der Waals surface area contributed by atoms with Crippen molar-refractivity contribution in [2.24, 2.45) is 0 Å². The minimum atomic E-state index is -3.60. The molecule has 20 heavy (non-hydrogen) atoms. The molecule has 7 heteroatoms. The summed E-state index contributed by atoms with van der Waals surface area (Å²) in [6.07, 6.45) is 0. The summed E-state index contributed by atoms with van der Waals surface area (Å²) >= 11 is 0. The highest BCUT2D eigenvalue weighted by molar-refractivity contribution is 7.86. The van der Waals surface area contributed by atoms with Gasteiger partial charge in [0.05, 0.1) is 13.7 Å². The third-order valence-electron chi connectivity index (χ3n) is 3.18. The fourth-order valence-corrected chi connectivity index (χ4v) is 2.95. The number of aliphatic hydroxyl groups is 1. The Hall–Kier alpha value is -1.15. The van der Waals surface area contributed by atoms with E-state index in [0.717, 1.165) is 9.87 Å². The number of methoxy groups -OCH3 is 1. The molecule has 114 valence electrons. The Morgan fingerprint density at radius 2 is 2.00 bits per heavy atom. The van der Waals surface area contributed by atoms with E-state index in [1.165, 1.54) is 18.4 Å². The maximum absolute atomic E-state index is 12.3. The van der Waals surface area contributed by atoms with Crippen LogP contribution in [-0.2, 0) is 16.8 Å². The number of hydrogen-bond donors (Lipinski definition) is 1. The smallest absolute Gasteiger partial charge is 0.282 e. The van der Waals surface area contributed by atoms with E-state index in [1.54, 1.807) is 26.2 Å². The van der Waals surface area contributed by atoms with Crippen LogP contribution < -0.4 is 4.74 Å². The van der Waals surface area contributed by atoms with Crippen molar-refractivity contribution in [2.45, 2.75) is 19.5 Å². The van der Waals surface area contributed by atoms with Gasteiger partial charge in [-0.05, 0) is 24.6 Å². The first-order valence-electron chi connectivity index (χ1n) is 6.26. The first-order valence-corrected chi connectivity index (χ1v) is 7.65. The van der Waals surface area contributed by atoms with E-state index >= 15 is 0 Å². The summed E-state index contributed by atoms with van der Waals surface area (Å²) in [6.45, 7) is 1.67. The van der Waals surface area contributed by atoms with Crippen LogP contribution in [0.3, 0.4) is 0 Å². The molecule has 0 saturated heterocycles. The van der Waals surface area contributed by atoms with Crippen molar-refractivity contribution >= 4 is 10.2 Å². The molecule has 1 N–H and O–H groups in total. The Bertz CT molecular complexity index is 533. The molecule has 0 radical (unpaired) electrons. The van der Waals surface area contributed by atoms with Crippen LogP contribution >= 0.6 is 0 Å². The van der Waals surface area contributed by atoms with Crippen LogP contribution in [0, 0.1) is 0 Å². The van der Waals surface area contributed by atoms with Gasteiger partial charge in [-0.25, -0.2) is 0 Å². The van der Waals surface area contributed by atoms with Gasteiger partial charge >= 0.3 is 0 Å². The molecule has 1 atom stereocenters. The van der Waals surface area contributed by atoms with E-state index in [9.17, 15) is 8.42 Å². The quantitative estimate of drug-likeness (QED) is 0.804. The fourth-order valence-electron chi connectivity index (χ4n) is 1.67. The lowest BCUT2D eigenvalue weighted by molar-refractivity contribution is 0.207. The van der Waals surface area contributed by atoms with Gasteiger partial charge in [-0.3, -0.25) is 0 Å². The maximum Gasteiger partial charge on any atom is 0.282 e. The second-order valence-electron chi connectivity index (χ2n) is 4.66. The van der Waals surface area contributed by atoms with Gasteiger partial charge in [0.25, 0.3) is 10.2 Å². The van der Waals surface area contributed by atoms with E-state index < -0.39 is 16.3 Å². The van der Waals surface area contributed by atoms with Crippen molar-refractivity contribution in [1.82, 2.24) is 8.61 Å². The molecule has 0 fully saturated rings. The summed E-state index contributed by atoms with van der Waals surface area (Å²) in [5.41, 5.74) is 0.834. The molecular weight excluding hydrogens is 280 g/mol. The van der Waals surface area contributed by atoms with Crippen LogP contribution in [0.15, 0.2) is 24.3 Å². The van der Waals surface area contributed by atoms with Crippen LogP contribution in [0.2, 0.25) is 0 Å². The number of aliphatic hydroxyl groups excluding tert-OH is 1. The molecule has 6 nitrogen and oxygen atoms in total. The highest BCUT2D eigenvalue weighted by atomic mass is 32.2. The Morgan fingerprint density at radius 1 is 1.35 bits per heavy atom. The topological polar surface area (TPSA) is 70.1 Å². The summed E-state index contributed by atoms with van der Waals surface area (Å²) in [7, 11) is 0.929. The van der Waals surface area contributed by atoms with Crippen molar-refractivity contribution in [3.63, 3.8) is 0 Å². The zero-order chi connectivity index (χ0) is 15.3. The average molecular weight is 302 g/mol. The lowest BCUT2D eigenvalue weighted by Crippen LogP contribution is -2.44. The van der Waals surface area contributed by atoms with E-state index in [1.807, 2.05) is 12.1 Å². The number of hydrogen-bond acceptors (Lipinski definition) is 4. The molecule has 1 aromatic carbocycles. The van der Waals surface area contributed by atoms with Crippen molar-refractivity contribution in [3.05, 3.63) is 29.8 Å². The zero-order valence-corrected chi connectivity index (χ0v) is 13.1. The van der Waals surface area contributed by atoms with E-state index in [-0.39, 0.29) is 13.2 Å². The molecule has 1 unspecified atom stereocenters. The van der Waals surface area contributed by atoms with Gasteiger partial charge in [0.2, 0.25) is 0 Å². The highest BCUT2D eigenvalue weighted by Gasteiger charge is 2.27. The Morgan fingerprint density at radius 3 is 2.55 bits per heavy atom. The predicted molar refractivity (Wildman–Crippen MR) is 77.7 cm³/mol. The second-order valence-corrected chi connectivity index (χ2v) is 6.76. The summed E-state index contributed by atoms with van der Waals surface area (Å²) in [5, 5.41) is 9.07. The normalized spacial score (nSPS) is 13.8. The molecule has 1 aromatic rings. The van der Waals surface area contributed by atoms with Crippen LogP contribution in [0.25, 0.3) is 0 Å². The average Bonchev–Trinajstić information content (AvgIpc) is 2.45. The van der Waals surface area contributed by atoms with Crippen LogP contribution in [0.1, 0.15) is 12.5 Å². The molecule has 0 amide bonds. The van der Waals surface area contributed by atoms with Crippen LogP contribution in [0.4, 0.5) is 0 Å². The molecule has 0 bridgehead atoms. The van der Waals surface area contributed by atoms with Crippen LogP contribution in [0.5, 0.6) is 5.75 Å². The molecule has 0 aromatic heterocycles. The lowest BCUT2D eigenvalue weighted by Gasteiger charge is -2.28. The van der Waals surface area contributed by atoms with Gasteiger partial charge < -0.3 is 9.84 Å². The van der Waals surface area contributed by atoms with E-state index in [2.05, 4.69) is 0 Å². The van der Waals surface area contributed by atoms with Gasteiger partial charge in [-0.15, -0.1) is 0 Å². The first-order chi connectivity index (χ1) is 9.32. The van der Waals surface area contributed by atoms with Gasteiger partial charge in [-0.2, -0.15) is 17.0 Å². The SMILES string of the molecule is COc1cccc(CN(C)S(=O)(=O)N(C)C(C)CO)c1. The molecule has 0 aliphatic rings. The molecule has 0 aliphatic carbocycles. The number of benzene rings is 1. The van der Waals surface area contributed by atoms with Crippen molar-refractivity contribution in [1.29, 1.82) is 0 Å². The number of likely N-dealkylation sites (N-methyl/N-ethyl adjacent to an activating group) is 1. The molecule has 1 rings (SSSR count). The molecule has 0 heterocycles. The number of nitrogens with zero attached hydrogens (tertiary/aromatic N) is 2. The summed E-state index contributed by atoms with van der Waals surface area (Å²) in [6, 6.07) is 6.78. The van der Waals surface area contributed by atoms with Crippen molar-refractivity contribution in [2.75, 3.05) is 27.8 Å². The third kappa shape index (κ3) is 3.92. The maximum atomic E-state index is 12.3. The lowest BCUT2D eigenvalue weighted by atomic mass is 10.2. The van der Waals surface area contributed by atoms with Gasteiger partial charge in [0.15, 0.2) is 0 Å². The number of rotatable bonds is 7. The Balaban J connectivity index is 2.86. The first kappa shape index (κ1) is 16.9. The van der Waals surface area contributed by atoms with Gasteiger partial charge in [0, 0.05) is 26.7 Å². The zero-order valence-electron chi connectivity index (χ0n) is 12.3. The predicted octanol–water partition coefficient (Wildman–Crippen LogP) is 0.684. The minimum Gasteiger partial charge on any atom is -0.497 e.